The van der Waals surface area contributed by atoms with Crippen LogP contribution in [0.1, 0.15) is 31.0 Å². The molecule has 1 saturated heterocycles. The van der Waals surface area contributed by atoms with Crippen LogP contribution in [0.25, 0.3) is 6.08 Å². The number of aromatic nitrogens is 1. The minimum Gasteiger partial charge on any atom is -0.369 e. The van der Waals surface area contributed by atoms with Gasteiger partial charge in [-0.3, -0.25) is 9.88 Å². The highest BCUT2D eigenvalue weighted by Crippen LogP contribution is 2.30. The lowest BCUT2D eigenvalue weighted by atomic mass is 10.0. The van der Waals surface area contributed by atoms with Gasteiger partial charge in [0.1, 0.15) is 11.9 Å². The predicted octanol–water partition coefficient (Wildman–Crippen LogP) is 4.33. The third-order valence-electron chi connectivity index (χ3n) is 6.52. The number of fused-ring (bicyclic) bond motifs is 1. The van der Waals surface area contributed by atoms with Gasteiger partial charge in [-0.1, -0.05) is 19.6 Å². The highest BCUT2D eigenvalue weighted by Gasteiger charge is 2.36. The van der Waals surface area contributed by atoms with Gasteiger partial charge in [-0.15, -0.1) is 6.58 Å². The maximum absolute atomic E-state index is 13.9. The molecule has 6 nitrogen and oxygen atoms in total. The van der Waals surface area contributed by atoms with Gasteiger partial charge in [0.05, 0.1) is 23.3 Å². The van der Waals surface area contributed by atoms with Crippen LogP contribution in [0, 0.1) is 0 Å². The second kappa shape index (κ2) is 9.87. The first-order valence-corrected chi connectivity index (χ1v) is 11.4. The summed E-state index contributed by atoms with van der Waals surface area (Å²) in [6.07, 6.45) is 6.23. The van der Waals surface area contributed by atoms with E-state index < -0.39 is 12.5 Å². The summed E-state index contributed by atoms with van der Waals surface area (Å²) in [6.45, 7) is 13.6. The fourth-order valence-electron chi connectivity index (χ4n) is 4.61. The number of allylic oxidation sites excluding steroid dienone is 1. The van der Waals surface area contributed by atoms with Crippen LogP contribution < -0.4 is 5.32 Å². The summed E-state index contributed by atoms with van der Waals surface area (Å²) in [5.41, 5.74) is 5.74. The number of nitrogens with zero attached hydrogens (tertiary/aromatic N) is 5. The molecule has 4 heterocycles. The third-order valence-corrected chi connectivity index (χ3v) is 6.52. The Morgan fingerprint density at radius 3 is 2.70 bits per heavy atom. The van der Waals surface area contributed by atoms with Gasteiger partial charge in [0.15, 0.2) is 0 Å². The normalized spacial score (nSPS) is 21.3. The van der Waals surface area contributed by atoms with Gasteiger partial charge < -0.3 is 15.1 Å². The molecule has 1 N–H and O–H groups in total. The van der Waals surface area contributed by atoms with E-state index in [1.807, 2.05) is 11.1 Å². The van der Waals surface area contributed by atoms with Crippen molar-refractivity contribution in [2.75, 3.05) is 38.5 Å². The number of halogens is 2. The Hall–Kier alpha value is -3.00. The number of amidine groups is 1. The van der Waals surface area contributed by atoms with Crippen LogP contribution >= 0.6 is 0 Å². The van der Waals surface area contributed by atoms with Gasteiger partial charge in [0.25, 0.3) is 6.43 Å². The van der Waals surface area contributed by atoms with Crippen LogP contribution in [0.15, 0.2) is 59.7 Å². The molecule has 0 aliphatic carbocycles. The predicted molar refractivity (Wildman–Crippen MR) is 130 cm³/mol. The topological polar surface area (TPSA) is 47.0 Å². The molecule has 0 amide bonds. The smallest absolute Gasteiger partial charge is 0.264 e. The van der Waals surface area contributed by atoms with E-state index in [2.05, 4.69) is 52.4 Å². The molecule has 3 aliphatic heterocycles. The minimum atomic E-state index is -2.49. The molecule has 4 rings (SSSR count). The Kier molecular flexibility index (Phi) is 6.93. The molecule has 0 bridgehead atoms. The van der Waals surface area contributed by atoms with Crippen LogP contribution in [0.3, 0.4) is 0 Å². The van der Waals surface area contributed by atoms with E-state index in [0.29, 0.717) is 31.0 Å². The largest absolute Gasteiger partial charge is 0.369 e. The maximum atomic E-state index is 13.9. The molecule has 1 aromatic rings. The Balaban J connectivity index is 1.40. The second-order valence-corrected chi connectivity index (χ2v) is 8.65. The van der Waals surface area contributed by atoms with Crippen molar-refractivity contribution in [3.63, 3.8) is 0 Å². The van der Waals surface area contributed by atoms with Gasteiger partial charge in [-0.25, -0.2) is 13.8 Å². The van der Waals surface area contributed by atoms with Crippen LogP contribution in [0.2, 0.25) is 0 Å². The van der Waals surface area contributed by atoms with Crippen molar-refractivity contribution in [1.29, 1.82) is 0 Å². The van der Waals surface area contributed by atoms with E-state index in [1.165, 1.54) is 5.57 Å². The molecular weight excluding hydrogens is 422 g/mol. The lowest BCUT2D eigenvalue weighted by Gasteiger charge is -2.43. The second-order valence-electron chi connectivity index (χ2n) is 8.65. The van der Waals surface area contributed by atoms with E-state index in [-0.39, 0.29) is 0 Å². The average molecular weight is 455 g/mol. The first-order chi connectivity index (χ1) is 15.9. The van der Waals surface area contributed by atoms with Crippen molar-refractivity contribution >= 4 is 17.6 Å². The van der Waals surface area contributed by atoms with Crippen LogP contribution in [0.5, 0.6) is 0 Å². The number of hydrogen-bond acceptors (Lipinski definition) is 6. The first kappa shape index (κ1) is 23.2. The molecule has 1 fully saturated rings. The maximum Gasteiger partial charge on any atom is 0.264 e. The highest BCUT2D eigenvalue weighted by atomic mass is 19.3. The molecule has 0 aromatic carbocycles. The summed E-state index contributed by atoms with van der Waals surface area (Å²) in [7, 11) is 1.69. The summed E-state index contributed by atoms with van der Waals surface area (Å²) >= 11 is 0. The summed E-state index contributed by atoms with van der Waals surface area (Å²) < 4.78 is 27.9. The number of alkyl halides is 2. The van der Waals surface area contributed by atoms with E-state index in [1.54, 1.807) is 24.2 Å². The Morgan fingerprint density at radius 2 is 2.03 bits per heavy atom. The standard InChI is InChI=1S/C25H32F2N6/c1-5-7-23-29-15-22(24(25(26)27)31(23)4)33-10-8-32(9-11-33)16-18-12-21-20(28-14-18)13-19(6-2)17(3)30-21/h5,12-15,24-25,30H,1,3,6-11,16H2,2,4H3. The molecule has 1 atom stereocenters. The number of piperazine rings is 1. The minimum absolute atomic E-state index is 0.476. The fraction of sp³-hybridized carbons (Fsp3) is 0.440. The van der Waals surface area contributed by atoms with Crippen molar-refractivity contribution in [3.8, 4) is 0 Å². The van der Waals surface area contributed by atoms with Crippen molar-refractivity contribution in [2.24, 2.45) is 4.99 Å². The quantitative estimate of drug-likeness (QED) is 0.622. The average Bonchev–Trinajstić information content (AvgIpc) is 2.80. The zero-order chi connectivity index (χ0) is 23.5. The van der Waals surface area contributed by atoms with E-state index in [4.69, 9.17) is 0 Å². The Labute approximate surface area is 194 Å². The third kappa shape index (κ3) is 4.85. The highest BCUT2D eigenvalue weighted by molar-refractivity contribution is 5.85. The number of nitrogens with one attached hydrogen (secondary N) is 1. The molecule has 8 heteroatoms. The van der Waals surface area contributed by atoms with E-state index >= 15 is 0 Å². The molecular formula is C25H32F2N6. The Bertz CT molecular complexity index is 1000. The summed E-state index contributed by atoms with van der Waals surface area (Å²) in [5.74, 6) is 0.620. The molecule has 1 aromatic heterocycles. The van der Waals surface area contributed by atoms with Crippen LogP contribution in [0.4, 0.5) is 14.5 Å². The number of aliphatic imine (C=N–C) groups is 1. The molecule has 33 heavy (non-hydrogen) atoms. The fourth-order valence-corrected chi connectivity index (χ4v) is 4.61. The van der Waals surface area contributed by atoms with E-state index in [9.17, 15) is 8.78 Å². The number of pyridine rings is 1. The van der Waals surface area contributed by atoms with Crippen molar-refractivity contribution in [2.45, 2.75) is 38.8 Å². The zero-order valence-corrected chi connectivity index (χ0v) is 19.4. The molecule has 1 unspecified atom stereocenters. The molecule has 176 valence electrons. The lowest BCUT2D eigenvalue weighted by molar-refractivity contribution is 0.0547. The van der Waals surface area contributed by atoms with Crippen molar-refractivity contribution < 1.29 is 8.78 Å². The van der Waals surface area contributed by atoms with Crippen molar-refractivity contribution in [3.05, 3.63) is 65.9 Å². The van der Waals surface area contributed by atoms with Gasteiger partial charge >= 0.3 is 0 Å². The summed E-state index contributed by atoms with van der Waals surface area (Å²) in [5, 5.41) is 3.37. The van der Waals surface area contributed by atoms with Crippen LogP contribution in [-0.4, -0.2) is 71.2 Å². The summed E-state index contributed by atoms with van der Waals surface area (Å²) in [6, 6.07) is 1.15. The monoisotopic (exact) mass is 454 g/mol. The Morgan fingerprint density at radius 1 is 1.27 bits per heavy atom. The van der Waals surface area contributed by atoms with Gasteiger partial charge in [0, 0.05) is 58.1 Å². The molecule has 0 radical (unpaired) electrons. The zero-order valence-electron chi connectivity index (χ0n) is 19.4. The van der Waals surface area contributed by atoms with Crippen molar-refractivity contribution in [1.82, 2.24) is 19.7 Å². The number of hydrogen-bond donors (Lipinski definition) is 1. The number of anilines is 1. The molecule has 0 spiro atoms. The molecule has 0 saturated carbocycles. The number of likely N-dealkylation sites (N-methyl/N-ethyl adjacent to an activating group) is 1. The van der Waals surface area contributed by atoms with Gasteiger partial charge in [-0.05, 0) is 29.7 Å². The lowest BCUT2D eigenvalue weighted by Crippen LogP contribution is -2.53. The van der Waals surface area contributed by atoms with Gasteiger partial charge in [-0.2, -0.15) is 0 Å². The van der Waals surface area contributed by atoms with E-state index in [0.717, 1.165) is 48.7 Å². The summed E-state index contributed by atoms with van der Waals surface area (Å²) in [4.78, 5) is 15.0. The first-order valence-electron chi connectivity index (χ1n) is 11.4. The van der Waals surface area contributed by atoms with Crippen LogP contribution in [-0.2, 0) is 6.54 Å². The molecule has 3 aliphatic rings. The van der Waals surface area contributed by atoms with Gasteiger partial charge in [0.2, 0.25) is 0 Å². The SMILES string of the molecule is C=CCC1=NC=C(N2CCN(Cc3cnc4c(c3)NC(=C)C(CC)=C4)CC2)C(C(F)F)N1C. The number of rotatable bonds is 7.